The monoisotopic (exact) mass is 409 g/mol. The third-order valence-electron chi connectivity index (χ3n) is 4.42. The van der Waals surface area contributed by atoms with Crippen LogP contribution < -0.4 is 14.8 Å². The minimum Gasteiger partial charge on any atom is -0.497 e. The molecule has 0 radical (unpaired) electrons. The van der Waals surface area contributed by atoms with Crippen LogP contribution in [0.25, 0.3) is 11.4 Å². The van der Waals surface area contributed by atoms with E-state index in [-0.39, 0.29) is 0 Å². The molecule has 1 unspecified atom stereocenters. The van der Waals surface area contributed by atoms with Crippen molar-refractivity contribution >= 4 is 17.6 Å². The van der Waals surface area contributed by atoms with Crippen molar-refractivity contribution in [2.75, 3.05) is 19.5 Å². The van der Waals surface area contributed by atoms with Gasteiger partial charge >= 0.3 is 5.97 Å². The van der Waals surface area contributed by atoms with Gasteiger partial charge in [0.25, 0.3) is 5.91 Å². The van der Waals surface area contributed by atoms with E-state index in [1.54, 1.807) is 61.8 Å². The second-order valence-electron chi connectivity index (χ2n) is 6.41. The lowest BCUT2D eigenvalue weighted by Crippen LogP contribution is -2.32. The maximum atomic E-state index is 12.6. The molecular formula is C22H23N3O5. The summed E-state index contributed by atoms with van der Waals surface area (Å²) in [6.45, 7) is 1.77. The number of aromatic nitrogens is 2. The normalized spacial score (nSPS) is 11.4. The summed E-state index contributed by atoms with van der Waals surface area (Å²) < 4.78 is 15.8. The van der Waals surface area contributed by atoms with Gasteiger partial charge in [0.15, 0.2) is 6.10 Å². The van der Waals surface area contributed by atoms with Gasteiger partial charge in [0.05, 0.1) is 19.8 Å². The van der Waals surface area contributed by atoms with E-state index in [4.69, 9.17) is 14.2 Å². The van der Waals surface area contributed by atoms with Crippen LogP contribution in [-0.2, 0) is 9.53 Å². The van der Waals surface area contributed by atoms with Crippen LogP contribution >= 0.6 is 0 Å². The molecule has 0 saturated carbocycles. The molecule has 30 heavy (non-hydrogen) atoms. The highest BCUT2D eigenvalue weighted by atomic mass is 16.5. The molecule has 0 aliphatic heterocycles. The van der Waals surface area contributed by atoms with Crippen LogP contribution in [0.3, 0.4) is 0 Å². The number of aromatic amines is 1. The molecule has 3 aromatic rings. The molecule has 8 nitrogen and oxygen atoms in total. The second-order valence-corrected chi connectivity index (χ2v) is 6.41. The molecule has 1 heterocycles. The number of amides is 1. The van der Waals surface area contributed by atoms with Gasteiger partial charge < -0.3 is 24.5 Å². The van der Waals surface area contributed by atoms with Crippen LogP contribution in [0.15, 0.2) is 54.9 Å². The van der Waals surface area contributed by atoms with E-state index in [1.165, 1.54) is 14.2 Å². The smallest absolute Gasteiger partial charge is 0.338 e. The van der Waals surface area contributed by atoms with E-state index >= 15 is 0 Å². The molecule has 2 N–H and O–H groups in total. The number of methoxy groups -OCH3 is 2. The zero-order valence-corrected chi connectivity index (χ0v) is 17.0. The van der Waals surface area contributed by atoms with Gasteiger partial charge in [0.1, 0.15) is 17.3 Å². The number of hydrogen-bond donors (Lipinski definition) is 2. The molecule has 2 aromatic carbocycles. The fourth-order valence-corrected chi connectivity index (χ4v) is 2.81. The lowest BCUT2D eigenvalue weighted by molar-refractivity contribution is -0.124. The standard InChI is InChI=1S/C22H23N3O5/c1-4-19(21(26)25-16-11-17(28-2)13-18(12-16)29-3)30-22(27)15-7-5-14(6-8-15)20-23-9-10-24-20/h5-13,19H,4H2,1-3H3,(H,23,24)(H,25,26). The van der Waals surface area contributed by atoms with Crippen LogP contribution in [0.1, 0.15) is 23.7 Å². The molecule has 156 valence electrons. The van der Waals surface area contributed by atoms with Crippen LogP contribution in [0.5, 0.6) is 11.5 Å². The SMILES string of the molecule is CCC(OC(=O)c1ccc(-c2ncc[nH]2)cc1)C(=O)Nc1cc(OC)cc(OC)c1. The molecule has 0 aliphatic carbocycles. The predicted molar refractivity (Wildman–Crippen MR) is 112 cm³/mol. The quantitative estimate of drug-likeness (QED) is 0.551. The summed E-state index contributed by atoms with van der Waals surface area (Å²) in [5, 5.41) is 2.74. The Morgan fingerprint density at radius 3 is 2.27 bits per heavy atom. The van der Waals surface area contributed by atoms with Gasteiger partial charge in [-0.2, -0.15) is 0 Å². The summed E-state index contributed by atoms with van der Waals surface area (Å²) in [6, 6.07) is 11.8. The van der Waals surface area contributed by atoms with Crippen molar-refractivity contribution in [1.29, 1.82) is 0 Å². The molecule has 0 bridgehead atoms. The molecule has 1 amide bonds. The lowest BCUT2D eigenvalue weighted by Gasteiger charge is -2.17. The highest BCUT2D eigenvalue weighted by Gasteiger charge is 2.22. The maximum absolute atomic E-state index is 12.6. The lowest BCUT2D eigenvalue weighted by atomic mass is 10.1. The largest absolute Gasteiger partial charge is 0.497 e. The Morgan fingerprint density at radius 1 is 1.07 bits per heavy atom. The van der Waals surface area contributed by atoms with E-state index in [1.807, 2.05) is 0 Å². The highest BCUT2D eigenvalue weighted by Crippen LogP contribution is 2.26. The van der Waals surface area contributed by atoms with Crippen LogP contribution in [0.2, 0.25) is 0 Å². The van der Waals surface area contributed by atoms with Gasteiger partial charge in [-0.3, -0.25) is 4.79 Å². The maximum Gasteiger partial charge on any atom is 0.338 e. The van der Waals surface area contributed by atoms with Crippen molar-refractivity contribution < 1.29 is 23.8 Å². The molecule has 3 rings (SSSR count). The van der Waals surface area contributed by atoms with Gasteiger partial charge in [-0.15, -0.1) is 0 Å². The van der Waals surface area contributed by atoms with Gasteiger partial charge in [-0.1, -0.05) is 19.1 Å². The number of nitrogens with zero attached hydrogens (tertiary/aromatic N) is 1. The zero-order valence-electron chi connectivity index (χ0n) is 17.0. The Labute approximate surface area is 174 Å². The summed E-state index contributed by atoms with van der Waals surface area (Å²) in [5.41, 5.74) is 1.67. The Balaban J connectivity index is 1.67. The summed E-state index contributed by atoms with van der Waals surface area (Å²) in [4.78, 5) is 32.3. The van der Waals surface area contributed by atoms with E-state index in [2.05, 4.69) is 15.3 Å². The number of esters is 1. The summed E-state index contributed by atoms with van der Waals surface area (Å²) in [7, 11) is 3.04. The first kappa shape index (κ1) is 20.9. The molecule has 0 saturated heterocycles. The van der Waals surface area contributed by atoms with Gasteiger partial charge in [0, 0.05) is 41.8 Å². The summed E-state index contributed by atoms with van der Waals surface area (Å²) >= 11 is 0. The van der Waals surface area contributed by atoms with Crippen molar-refractivity contribution in [1.82, 2.24) is 9.97 Å². The number of imidazole rings is 1. The number of ether oxygens (including phenoxy) is 3. The van der Waals surface area contributed by atoms with Crippen molar-refractivity contribution in [2.45, 2.75) is 19.4 Å². The number of hydrogen-bond acceptors (Lipinski definition) is 6. The topological polar surface area (TPSA) is 103 Å². The Bertz CT molecular complexity index is 978. The molecule has 1 atom stereocenters. The fourth-order valence-electron chi connectivity index (χ4n) is 2.81. The molecule has 0 aliphatic rings. The Kier molecular flexibility index (Phi) is 6.69. The van der Waals surface area contributed by atoms with E-state index in [9.17, 15) is 9.59 Å². The van der Waals surface area contributed by atoms with Crippen molar-refractivity contribution in [3.8, 4) is 22.9 Å². The minimum atomic E-state index is -0.945. The minimum absolute atomic E-state index is 0.323. The number of rotatable bonds is 8. The van der Waals surface area contributed by atoms with Crippen molar-refractivity contribution in [3.63, 3.8) is 0 Å². The first-order chi connectivity index (χ1) is 14.5. The summed E-state index contributed by atoms with van der Waals surface area (Å²) in [6.07, 6.45) is 2.75. The molecule has 8 heteroatoms. The highest BCUT2D eigenvalue weighted by molar-refractivity contribution is 5.97. The van der Waals surface area contributed by atoms with E-state index < -0.39 is 18.0 Å². The van der Waals surface area contributed by atoms with Gasteiger partial charge in [-0.25, -0.2) is 9.78 Å². The van der Waals surface area contributed by atoms with E-state index in [0.29, 0.717) is 35.0 Å². The third-order valence-corrected chi connectivity index (χ3v) is 4.42. The fraction of sp³-hybridized carbons (Fsp3) is 0.227. The van der Waals surface area contributed by atoms with Crippen molar-refractivity contribution in [2.24, 2.45) is 0 Å². The average molecular weight is 409 g/mol. The second kappa shape index (κ2) is 9.60. The van der Waals surface area contributed by atoms with Crippen LogP contribution in [0.4, 0.5) is 5.69 Å². The number of carbonyl (C=O) groups excluding carboxylic acids is 2. The Hall–Kier alpha value is -3.81. The molecule has 0 spiro atoms. The number of carbonyl (C=O) groups is 2. The molecular weight excluding hydrogens is 386 g/mol. The van der Waals surface area contributed by atoms with Crippen LogP contribution in [0, 0.1) is 0 Å². The van der Waals surface area contributed by atoms with Crippen molar-refractivity contribution in [3.05, 3.63) is 60.4 Å². The van der Waals surface area contributed by atoms with E-state index in [0.717, 1.165) is 5.56 Å². The number of H-pyrrole nitrogens is 1. The first-order valence-corrected chi connectivity index (χ1v) is 9.38. The molecule has 1 aromatic heterocycles. The first-order valence-electron chi connectivity index (χ1n) is 9.38. The number of anilines is 1. The predicted octanol–water partition coefficient (Wildman–Crippen LogP) is 3.67. The number of nitrogens with one attached hydrogen (secondary N) is 2. The Morgan fingerprint density at radius 2 is 1.73 bits per heavy atom. The van der Waals surface area contributed by atoms with Crippen LogP contribution in [-0.4, -0.2) is 42.2 Å². The molecule has 0 fully saturated rings. The number of benzene rings is 2. The van der Waals surface area contributed by atoms with Gasteiger partial charge in [0.2, 0.25) is 0 Å². The summed E-state index contributed by atoms with van der Waals surface area (Å²) in [5.74, 6) is 0.756. The van der Waals surface area contributed by atoms with Gasteiger partial charge in [-0.05, 0) is 18.6 Å². The average Bonchev–Trinajstić information content (AvgIpc) is 3.32. The zero-order chi connectivity index (χ0) is 21.5. The third kappa shape index (κ3) is 4.96.